The summed E-state index contributed by atoms with van der Waals surface area (Å²) in [6, 6.07) is 0. The molecule has 0 aromatic heterocycles. The predicted molar refractivity (Wildman–Crippen MR) is 73.1 cm³/mol. The molecule has 94 valence electrons. The van der Waals surface area contributed by atoms with Crippen LogP contribution in [0.1, 0.15) is 55.0 Å². The third-order valence-corrected chi connectivity index (χ3v) is 4.24. The molecule has 0 radical (unpaired) electrons. The minimum absolute atomic E-state index is 0.00955. The summed E-state index contributed by atoms with van der Waals surface area (Å²) in [5.41, 5.74) is 7.18. The molecule has 0 saturated heterocycles. The van der Waals surface area contributed by atoms with Crippen LogP contribution in [0.2, 0.25) is 0 Å². The second-order valence-electron chi connectivity index (χ2n) is 5.88. The smallest absolute Gasteiger partial charge is 0.126 e. The highest BCUT2D eigenvalue weighted by atomic mass is 16.5. The van der Waals surface area contributed by atoms with Crippen LogP contribution in [0, 0.1) is 20.8 Å². The summed E-state index contributed by atoms with van der Waals surface area (Å²) in [7, 11) is 0. The zero-order chi connectivity index (χ0) is 12.8. The van der Waals surface area contributed by atoms with E-state index >= 15 is 0 Å². The lowest BCUT2D eigenvalue weighted by Gasteiger charge is -2.35. The lowest BCUT2D eigenvalue weighted by atomic mass is 9.85. The van der Waals surface area contributed by atoms with Gasteiger partial charge in [-0.15, -0.1) is 0 Å². The number of fused-ring (bicyclic) bond motifs is 1. The average molecular weight is 232 g/mol. The van der Waals surface area contributed by atoms with Crippen molar-refractivity contribution in [1.82, 2.24) is 0 Å². The standard InChI is InChI=1S/C16H24O/c1-7-13-10(2)11(3)15-14(12(13)4)8-9-16(5,6)17-15/h7-9H2,1-6H3. The first kappa shape index (κ1) is 12.5. The molecule has 0 fully saturated rings. The topological polar surface area (TPSA) is 9.23 Å². The summed E-state index contributed by atoms with van der Waals surface area (Å²) >= 11 is 0. The van der Waals surface area contributed by atoms with E-state index in [2.05, 4.69) is 41.5 Å². The maximum Gasteiger partial charge on any atom is 0.126 e. The Labute approximate surface area is 105 Å². The fourth-order valence-corrected chi connectivity index (χ4v) is 2.98. The lowest BCUT2D eigenvalue weighted by molar-refractivity contribution is 0.0833. The van der Waals surface area contributed by atoms with Crippen molar-refractivity contribution in [3.63, 3.8) is 0 Å². The van der Waals surface area contributed by atoms with Gasteiger partial charge in [-0.3, -0.25) is 0 Å². The van der Waals surface area contributed by atoms with Gasteiger partial charge in [-0.1, -0.05) is 6.92 Å². The summed E-state index contributed by atoms with van der Waals surface area (Å²) in [6.07, 6.45) is 3.39. The van der Waals surface area contributed by atoms with Gasteiger partial charge in [-0.25, -0.2) is 0 Å². The van der Waals surface area contributed by atoms with E-state index in [0.29, 0.717) is 0 Å². The van der Waals surface area contributed by atoms with E-state index in [1.807, 2.05) is 0 Å². The third-order valence-electron chi connectivity index (χ3n) is 4.24. The maximum absolute atomic E-state index is 6.21. The van der Waals surface area contributed by atoms with Gasteiger partial charge in [-0.2, -0.15) is 0 Å². The van der Waals surface area contributed by atoms with Crippen molar-refractivity contribution in [3.05, 3.63) is 27.8 Å². The van der Waals surface area contributed by atoms with Crippen molar-refractivity contribution >= 4 is 0 Å². The quantitative estimate of drug-likeness (QED) is 0.702. The molecule has 1 aliphatic rings. The average Bonchev–Trinajstić information content (AvgIpc) is 2.26. The van der Waals surface area contributed by atoms with Crippen LogP contribution in [-0.4, -0.2) is 5.60 Å². The Morgan fingerprint density at radius 2 is 1.71 bits per heavy atom. The molecule has 1 aliphatic heterocycles. The molecule has 1 nitrogen and oxygen atoms in total. The minimum Gasteiger partial charge on any atom is -0.487 e. The van der Waals surface area contributed by atoms with Crippen molar-refractivity contribution in [2.45, 2.75) is 66.4 Å². The van der Waals surface area contributed by atoms with Gasteiger partial charge in [0.15, 0.2) is 0 Å². The van der Waals surface area contributed by atoms with E-state index in [0.717, 1.165) is 25.0 Å². The van der Waals surface area contributed by atoms with E-state index in [1.54, 1.807) is 0 Å². The fourth-order valence-electron chi connectivity index (χ4n) is 2.98. The Hall–Kier alpha value is -0.980. The van der Waals surface area contributed by atoms with Crippen molar-refractivity contribution in [3.8, 4) is 5.75 Å². The molecule has 1 aromatic rings. The number of hydrogen-bond acceptors (Lipinski definition) is 1. The maximum atomic E-state index is 6.21. The molecule has 0 amide bonds. The van der Waals surface area contributed by atoms with Gasteiger partial charge < -0.3 is 4.74 Å². The molecule has 0 N–H and O–H groups in total. The van der Waals surface area contributed by atoms with Gasteiger partial charge in [0.2, 0.25) is 0 Å². The van der Waals surface area contributed by atoms with E-state index in [9.17, 15) is 0 Å². The monoisotopic (exact) mass is 232 g/mol. The van der Waals surface area contributed by atoms with Gasteiger partial charge in [0.1, 0.15) is 11.4 Å². The van der Waals surface area contributed by atoms with Crippen LogP contribution < -0.4 is 4.74 Å². The van der Waals surface area contributed by atoms with Gasteiger partial charge in [0.25, 0.3) is 0 Å². The molecule has 2 rings (SSSR count). The third kappa shape index (κ3) is 1.96. The number of hydrogen-bond donors (Lipinski definition) is 0. The molecule has 0 spiro atoms. The molecular weight excluding hydrogens is 208 g/mol. The van der Waals surface area contributed by atoms with Crippen LogP contribution in [-0.2, 0) is 12.8 Å². The first-order valence-corrected chi connectivity index (χ1v) is 6.68. The molecule has 0 aliphatic carbocycles. The number of ether oxygens (including phenoxy) is 1. The lowest BCUT2D eigenvalue weighted by Crippen LogP contribution is -2.33. The molecular formula is C16H24O. The summed E-state index contributed by atoms with van der Waals surface area (Å²) in [4.78, 5) is 0. The number of rotatable bonds is 1. The van der Waals surface area contributed by atoms with Crippen LogP contribution in [0.3, 0.4) is 0 Å². The Balaban J connectivity index is 2.64. The van der Waals surface area contributed by atoms with Crippen LogP contribution in [0.5, 0.6) is 5.75 Å². The molecule has 0 bridgehead atoms. The van der Waals surface area contributed by atoms with Gasteiger partial charge in [-0.05, 0) is 81.7 Å². The van der Waals surface area contributed by atoms with Gasteiger partial charge >= 0.3 is 0 Å². The highest BCUT2D eigenvalue weighted by Crippen LogP contribution is 2.40. The highest BCUT2D eigenvalue weighted by Gasteiger charge is 2.30. The van der Waals surface area contributed by atoms with Crippen LogP contribution in [0.15, 0.2) is 0 Å². The summed E-state index contributed by atoms with van der Waals surface area (Å²) in [5, 5.41) is 0. The fraction of sp³-hybridized carbons (Fsp3) is 0.625. The molecule has 0 atom stereocenters. The van der Waals surface area contributed by atoms with Gasteiger partial charge in [0, 0.05) is 0 Å². The van der Waals surface area contributed by atoms with E-state index < -0.39 is 0 Å². The summed E-state index contributed by atoms with van der Waals surface area (Å²) in [6.45, 7) is 13.3. The van der Waals surface area contributed by atoms with Crippen molar-refractivity contribution in [2.24, 2.45) is 0 Å². The van der Waals surface area contributed by atoms with Crippen molar-refractivity contribution < 1.29 is 4.74 Å². The van der Waals surface area contributed by atoms with Crippen molar-refractivity contribution in [1.29, 1.82) is 0 Å². The first-order chi connectivity index (χ1) is 7.87. The minimum atomic E-state index is -0.00955. The summed E-state index contributed by atoms with van der Waals surface area (Å²) < 4.78 is 6.21. The van der Waals surface area contributed by atoms with E-state index in [4.69, 9.17) is 4.74 Å². The molecule has 1 heteroatoms. The Morgan fingerprint density at radius 1 is 1.06 bits per heavy atom. The Bertz CT molecular complexity index is 455. The molecule has 1 aromatic carbocycles. The molecule has 0 unspecified atom stereocenters. The Kier molecular flexibility index (Phi) is 2.97. The zero-order valence-electron chi connectivity index (χ0n) is 12.0. The highest BCUT2D eigenvalue weighted by molar-refractivity contribution is 5.55. The first-order valence-electron chi connectivity index (χ1n) is 6.68. The van der Waals surface area contributed by atoms with Gasteiger partial charge in [0.05, 0.1) is 0 Å². The second-order valence-corrected chi connectivity index (χ2v) is 5.88. The Morgan fingerprint density at radius 3 is 2.29 bits per heavy atom. The van der Waals surface area contributed by atoms with E-state index in [-0.39, 0.29) is 5.60 Å². The second kappa shape index (κ2) is 4.04. The summed E-state index contributed by atoms with van der Waals surface area (Å²) in [5.74, 6) is 1.16. The normalized spacial score (nSPS) is 17.5. The molecule has 1 heterocycles. The largest absolute Gasteiger partial charge is 0.487 e. The molecule has 0 saturated carbocycles. The number of benzene rings is 1. The van der Waals surface area contributed by atoms with E-state index in [1.165, 1.54) is 27.8 Å². The van der Waals surface area contributed by atoms with Crippen LogP contribution in [0.4, 0.5) is 0 Å². The van der Waals surface area contributed by atoms with Crippen molar-refractivity contribution in [2.75, 3.05) is 0 Å². The predicted octanol–water partition coefficient (Wildman–Crippen LogP) is 4.28. The van der Waals surface area contributed by atoms with Crippen LogP contribution in [0.25, 0.3) is 0 Å². The SMILES string of the molecule is CCc1c(C)c(C)c2c(c1C)CCC(C)(C)O2. The zero-order valence-corrected chi connectivity index (χ0v) is 12.0. The molecule has 17 heavy (non-hydrogen) atoms. The van der Waals surface area contributed by atoms with Crippen LogP contribution >= 0.6 is 0 Å².